The Morgan fingerprint density at radius 1 is 1.56 bits per heavy atom. The van der Waals surface area contributed by atoms with Gasteiger partial charge in [0.1, 0.15) is 12.0 Å². The summed E-state index contributed by atoms with van der Waals surface area (Å²) >= 11 is 0. The van der Waals surface area contributed by atoms with E-state index >= 15 is 0 Å². The molecule has 1 saturated heterocycles. The summed E-state index contributed by atoms with van der Waals surface area (Å²) in [4.78, 5) is 10.6. The van der Waals surface area contributed by atoms with Gasteiger partial charge in [0, 0.05) is 12.6 Å². The van der Waals surface area contributed by atoms with Gasteiger partial charge in [0.2, 0.25) is 5.88 Å². The molecule has 2 heterocycles. The number of nitrogens with two attached hydrogens (primary N) is 1. The third-order valence-corrected chi connectivity index (χ3v) is 3.45. The number of rotatable bonds is 5. The molecule has 1 fully saturated rings. The van der Waals surface area contributed by atoms with E-state index in [1.807, 2.05) is 0 Å². The Morgan fingerprint density at radius 3 is 3.11 bits per heavy atom. The second-order valence-corrected chi connectivity index (χ2v) is 4.45. The van der Waals surface area contributed by atoms with Gasteiger partial charge in [-0.25, -0.2) is 4.98 Å². The monoisotopic (exact) mass is 251 g/mol. The Balaban J connectivity index is 1.98. The van der Waals surface area contributed by atoms with Gasteiger partial charge in [0.05, 0.1) is 7.11 Å². The summed E-state index contributed by atoms with van der Waals surface area (Å²) in [6.45, 7) is 5.33. The van der Waals surface area contributed by atoms with E-state index in [-0.39, 0.29) is 0 Å². The largest absolute Gasteiger partial charge is 0.479 e. The van der Waals surface area contributed by atoms with Crippen molar-refractivity contribution >= 4 is 11.5 Å². The van der Waals surface area contributed by atoms with Gasteiger partial charge in [-0.05, 0) is 25.9 Å². The maximum atomic E-state index is 5.92. The smallest absolute Gasteiger partial charge is 0.242 e. The van der Waals surface area contributed by atoms with Crippen LogP contribution in [0.3, 0.4) is 0 Å². The molecule has 0 saturated carbocycles. The molecule has 2 rings (SSSR count). The van der Waals surface area contributed by atoms with E-state index in [1.54, 1.807) is 7.11 Å². The molecule has 1 aromatic rings. The lowest BCUT2D eigenvalue weighted by molar-refractivity contribution is 0.277. The first-order chi connectivity index (χ1) is 8.76. The van der Waals surface area contributed by atoms with E-state index < -0.39 is 0 Å². The van der Waals surface area contributed by atoms with Gasteiger partial charge >= 0.3 is 0 Å². The van der Waals surface area contributed by atoms with E-state index in [0.29, 0.717) is 23.4 Å². The van der Waals surface area contributed by atoms with Gasteiger partial charge < -0.3 is 15.8 Å². The van der Waals surface area contributed by atoms with E-state index in [0.717, 1.165) is 13.1 Å². The Hall–Kier alpha value is -1.56. The third-order valence-electron chi connectivity index (χ3n) is 3.45. The van der Waals surface area contributed by atoms with Crippen LogP contribution in [0.15, 0.2) is 6.33 Å². The molecule has 6 nitrogen and oxygen atoms in total. The summed E-state index contributed by atoms with van der Waals surface area (Å²) in [6, 6.07) is 0.565. The van der Waals surface area contributed by atoms with Crippen LogP contribution >= 0.6 is 0 Å². The zero-order valence-electron chi connectivity index (χ0n) is 11.0. The summed E-state index contributed by atoms with van der Waals surface area (Å²) in [5, 5.41) is 3.30. The van der Waals surface area contributed by atoms with Crippen molar-refractivity contribution in [2.75, 3.05) is 37.8 Å². The first kappa shape index (κ1) is 12.9. The molecule has 3 N–H and O–H groups in total. The van der Waals surface area contributed by atoms with Crippen LogP contribution in [-0.4, -0.2) is 47.7 Å². The van der Waals surface area contributed by atoms with Gasteiger partial charge in [0.25, 0.3) is 0 Å². The summed E-state index contributed by atoms with van der Waals surface area (Å²) < 4.78 is 5.07. The number of nitrogens with zero attached hydrogens (tertiary/aromatic N) is 3. The maximum Gasteiger partial charge on any atom is 0.242 e. The number of nitrogens with one attached hydrogen (secondary N) is 1. The van der Waals surface area contributed by atoms with Crippen LogP contribution in [0.25, 0.3) is 0 Å². The highest BCUT2D eigenvalue weighted by Crippen LogP contribution is 2.25. The second-order valence-electron chi connectivity index (χ2n) is 4.45. The van der Waals surface area contributed by atoms with Crippen molar-refractivity contribution in [2.24, 2.45) is 0 Å². The fourth-order valence-corrected chi connectivity index (χ4v) is 2.44. The number of nitrogen functional groups attached to an aromatic ring is 1. The molecular weight excluding hydrogens is 230 g/mol. The SMILES string of the molecule is CCN1CCCC1CNc1ncnc(OC)c1N. The quantitative estimate of drug-likeness (QED) is 0.812. The van der Waals surface area contributed by atoms with Crippen LogP contribution in [0.4, 0.5) is 11.5 Å². The highest BCUT2D eigenvalue weighted by atomic mass is 16.5. The minimum Gasteiger partial charge on any atom is -0.479 e. The van der Waals surface area contributed by atoms with Gasteiger partial charge in [0.15, 0.2) is 5.82 Å². The zero-order valence-corrected chi connectivity index (χ0v) is 11.0. The number of likely N-dealkylation sites (N-methyl/N-ethyl adjacent to an activating group) is 1. The van der Waals surface area contributed by atoms with Crippen LogP contribution in [0.5, 0.6) is 5.88 Å². The molecule has 6 heteroatoms. The molecule has 18 heavy (non-hydrogen) atoms. The molecular formula is C12H21N5O. The van der Waals surface area contributed by atoms with Gasteiger partial charge in [-0.2, -0.15) is 4.98 Å². The predicted octanol–water partition coefficient (Wildman–Crippen LogP) is 0.964. The molecule has 1 atom stereocenters. The van der Waals surface area contributed by atoms with Crippen LogP contribution in [0.2, 0.25) is 0 Å². The number of likely N-dealkylation sites (tertiary alicyclic amines) is 1. The minimum absolute atomic E-state index is 0.422. The lowest BCUT2D eigenvalue weighted by atomic mass is 10.2. The molecule has 1 unspecified atom stereocenters. The third kappa shape index (κ3) is 2.64. The average molecular weight is 251 g/mol. The maximum absolute atomic E-state index is 5.92. The molecule has 0 bridgehead atoms. The summed E-state index contributed by atoms with van der Waals surface area (Å²) in [6.07, 6.45) is 3.95. The number of anilines is 2. The van der Waals surface area contributed by atoms with Crippen LogP contribution in [-0.2, 0) is 0 Å². The standard InChI is InChI=1S/C12H21N5O/c1-3-17-6-4-5-9(17)7-14-11-10(13)12(18-2)16-8-15-11/h8-9H,3-7,13H2,1-2H3,(H,14,15,16). The topological polar surface area (TPSA) is 76.3 Å². The lowest BCUT2D eigenvalue weighted by Gasteiger charge is -2.23. The minimum atomic E-state index is 0.422. The summed E-state index contributed by atoms with van der Waals surface area (Å²) in [5.41, 5.74) is 6.39. The van der Waals surface area contributed by atoms with Crippen molar-refractivity contribution in [2.45, 2.75) is 25.8 Å². The molecule has 1 aliphatic rings. The van der Waals surface area contributed by atoms with E-state index in [9.17, 15) is 0 Å². The Bertz CT molecular complexity index is 398. The number of methoxy groups -OCH3 is 1. The van der Waals surface area contributed by atoms with Crippen LogP contribution < -0.4 is 15.8 Å². The van der Waals surface area contributed by atoms with Crippen molar-refractivity contribution in [1.82, 2.24) is 14.9 Å². The number of aromatic nitrogens is 2. The van der Waals surface area contributed by atoms with Crippen molar-refractivity contribution in [3.8, 4) is 5.88 Å². The van der Waals surface area contributed by atoms with Crippen molar-refractivity contribution in [1.29, 1.82) is 0 Å². The van der Waals surface area contributed by atoms with E-state index in [4.69, 9.17) is 10.5 Å². The summed E-state index contributed by atoms with van der Waals surface area (Å²) in [7, 11) is 1.55. The van der Waals surface area contributed by atoms with Crippen molar-refractivity contribution in [3.05, 3.63) is 6.33 Å². The van der Waals surface area contributed by atoms with Crippen molar-refractivity contribution < 1.29 is 4.74 Å². The molecule has 0 spiro atoms. The van der Waals surface area contributed by atoms with Crippen LogP contribution in [0.1, 0.15) is 19.8 Å². The molecule has 1 aliphatic heterocycles. The lowest BCUT2D eigenvalue weighted by Crippen LogP contribution is -2.34. The Kier molecular flexibility index (Phi) is 4.19. The van der Waals surface area contributed by atoms with Crippen LogP contribution in [0, 0.1) is 0 Å². The predicted molar refractivity (Wildman–Crippen MR) is 71.8 cm³/mol. The zero-order chi connectivity index (χ0) is 13.0. The highest BCUT2D eigenvalue weighted by molar-refractivity contribution is 5.66. The number of hydrogen-bond acceptors (Lipinski definition) is 6. The molecule has 0 radical (unpaired) electrons. The summed E-state index contributed by atoms with van der Waals surface area (Å²) in [5.74, 6) is 1.08. The fraction of sp³-hybridized carbons (Fsp3) is 0.667. The molecule has 0 aliphatic carbocycles. The van der Waals surface area contributed by atoms with E-state index in [1.165, 1.54) is 25.7 Å². The van der Waals surface area contributed by atoms with Crippen molar-refractivity contribution in [3.63, 3.8) is 0 Å². The Labute approximate surface area is 108 Å². The molecule has 100 valence electrons. The number of ether oxygens (including phenoxy) is 1. The van der Waals surface area contributed by atoms with Gasteiger partial charge in [-0.15, -0.1) is 0 Å². The normalized spacial score (nSPS) is 20.0. The second kappa shape index (κ2) is 5.86. The van der Waals surface area contributed by atoms with Gasteiger partial charge in [-0.1, -0.05) is 6.92 Å². The fourth-order valence-electron chi connectivity index (χ4n) is 2.44. The molecule has 1 aromatic heterocycles. The van der Waals surface area contributed by atoms with Gasteiger partial charge in [-0.3, -0.25) is 4.90 Å². The highest BCUT2D eigenvalue weighted by Gasteiger charge is 2.23. The molecule has 0 aromatic carbocycles. The van der Waals surface area contributed by atoms with E-state index in [2.05, 4.69) is 27.1 Å². The Morgan fingerprint density at radius 2 is 2.39 bits per heavy atom. The first-order valence-electron chi connectivity index (χ1n) is 6.38. The average Bonchev–Trinajstić information content (AvgIpc) is 2.85. The first-order valence-corrected chi connectivity index (χ1v) is 6.38. The number of hydrogen-bond donors (Lipinski definition) is 2. The molecule has 0 amide bonds.